The standard InChI is InChI=1S/C6H11F2NO2S/c7-5(8)3-9(1-2-10)6(11)4-12/h5,10,12H,1-4H2. The summed E-state index contributed by atoms with van der Waals surface area (Å²) in [6, 6.07) is 0. The fourth-order valence-electron chi connectivity index (χ4n) is 0.705. The second-order valence-electron chi connectivity index (χ2n) is 2.11. The van der Waals surface area contributed by atoms with Crippen LogP contribution < -0.4 is 0 Å². The van der Waals surface area contributed by atoms with Crippen LogP contribution in [0.3, 0.4) is 0 Å². The smallest absolute Gasteiger partial charge is 0.255 e. The van der Waals surface area contributed by atoms with Gasteiger partial charge in [0, 0.05) is 6.54 Å². The van der Waals surface area contributed by atoms with Crippen LogP contribution in [-0.2, 0) is 4.79 Å². The Hall–Kier alpha value is -0.360. The minimum atomic E-state index is -2.57. The average molecular weight is 199 g/mol. The lowest BCUT2D eigenvalue weighted by atomic mass is 10.4. The highest BCUT2D eigenvalue weighted by Crippen LogP contribution is 1.99. The first-order chi connectivity index (χ1) is 5.61. The number of carbonyl (C=O) groups excluding carboxylic acids is 1. The lowest BCUT2D eigenvalue weighted by Crippen LogP contribution is -2.37. The summed E-state index contributed by atoms with van der Waals surface area (Å²) in [6.45, 7) is -1.02. The average Bonchev–Trinajstić information content (AvgIpc) is 2.01. The SMILES string of the molecule is O=C(CS)N(CCO)CC(F)F. The Morgan fingerprint density at radius 2 is 2.17 bits per heavy atom. The monoisotopic (exact) mass is 199 g/mol. The Morgan fingerprint density at radius 3 is 2.50 bits per heavy atom. The molecule has 0 saturated carbocycles. The molecule has 6 heteroatoms. The van der Waals surface area contributed by atoms with E-state index in [0.717, 1.165) is 4.90 Å². The van der Waals surface area contributed by atoms with E-state index in [2.05, 4.69) is 12.6 Å². The molecule has 0 aromatic heterocycles. The fourth-order valence-corrected chi connectivity index (χ4v) is 0.905. The van der Waals surface area contributed by atoms with E-state index in [1.807, 2.05) is 0 Å². The predicted molar refractivity (Wildman–Crippen MR) is 43.5 cm³/mol. The number of carbonyl (C=O) groups is 1. The van der Waals surface area contributed by atoms with Gasteiger partial charge in [0.05, 0.1) is 18.9 Å². The van der Waals surface area contributed by atoms with Crippen molar-refractivity contribution in [3.63, 3.8) is 0 Å². The molecular weight excluding hydrogens is 188 g/mol. The summed E-state index contributed by atoms with van der Waals surface area (Å²) < 4.78 is 23.6. The molecule has 0 unspecified atom stereocenters. The van der Waals surface area contributed by atoms with Gasteiger partial charge in [-0.3, -0.25) is 4.79 Å². The van der Waals surface area contributed by atoms with Crippen molar-refractivity contribution in [1.29, 1.82) is 0 Å². The lowest BCUT2D eigenvalue weighted by molar-refractivity contribution is -0.130. The zero-order valence-electron chi connectivity index (χ0n) is 6.41. The molecule has 0 heterocycles. The van der Waals surface area contributed by atoms with Gasteiger partial charge in [0.15, 0.2) is 0 Å². The number of aliphatic hydroxyl groups excluding tert-OH is 1. The van der Waals surface area contributed by atoms with Crippen molar-refractivity contribution >= 4 is 18.5 Å². The summed E-state index contributed by atoms with van der Waals surface area (Å²) in [5, 5.41) is 8.43. The third kappa shape index (κ3) is 4.50. The van der Waals surface area contributed by atoms with Gasteiger partial charge in [0.1, 0.15) is 0 Å². The first-order valence-electron chi connectivity index (χ1n) is 3.39. The fraction of sp³-hybridized carbons (Fsp3) is 0.833. The lowest BCUT2D eigenvalue weighted by Gasteiger charge is -2.19. The molecule has 0 aliphatic heterocycles. The molecule has 0 radical (unpaired) electrons. The number of rotatable bonds is 5. The normalized spacial score (nSPS) is 10.4. The Bertz CT molecular complexity index is 146. The van der Waals surface area contributed by atoms with E-state index in [4.69, 9.17) is 5.11 Å². The van der Waals surface area contributed by atoms with E-state index in [-0.39, 0.29) is 18.9 Å². The van der Waals surface area contributed by atoms with Gasteiger partial charge in [0.25, 0.3) is 6.43 Å². The van der Waals surface area contributed by atoms with Crippen LogP contribution in [0.4, 0.5) is 8.78 Å². The number of aliphatic hydroxyl groups is 1. The number of amides is 1. The molecule has 0 fully saturated rings. The van der Waals surface area contributed by atoms with Gasteiger partial charge < -0.3 is 10.0 Å². The quantitative estimate of drug-likeness (QED) is 0.612. The summed E-state index contributed by atoms with van der Waals surface area (Å²) in [7, 11) is 0. The van der Waals surface area contributed by atoms with Crippen LogP contribution in [0.2, 0.25) is 0 Å². The van der Waals surface area contributed by atoms with Crippen molar-refractivity contribution < 1.29 is 18.7 Å². The number of hydrogen-bond acceptors (Lipinski definition) is 3. The molecule has 0 spiro atoms. The molecule has 0 aliphatic rings. The van der Waals surface area contributed by atoms with Crippen LogP contribution in [0.5, 0.6) is 0 Å². The minimum Gasteiger partial charge on any atom is -0.395 e. The molecular formula is C6H11F2NO2S. The second-order valence-corrected chi connectivity index (χ2v) is 2.43. The van der Waals surface area contributed by atoms with Crippen molar-refractivity contribution in [2.75, 3.05) is 25.4 Å². The number of alkyl halides is 2. The minimum absolute atomic E-state index is 0.0657. The molecule has 1 amide bonds. The maximum absolute atomic E-state index is 11.8. The molecule has 1 N–H and O–H groups in total. The Morgan fingerprint density at radius 1 is 1.58 bits per heavy atom. The second kappa shape index (κ2) is 6.19. The van der Waals surface area contributed by atoms with Crippen LogP contribution in [0.25, 0.3) is 0 Å². The van der Waals surface area contributed by atoms with Gasteiger partial charge in [-0.1, -0.05) is 0 Å². The Kier molecular flexibility index (Phi) is 6.00. The van der Waals surface area contributed by atoms with Crippen molar-refractivity contribution in [2.45, 2.75) is 6.43 Å². The molecule has 0 aromatic carbocycles. The summed E-state index contributed by atoms with van der Waals surface area (Å²) in [5.74, 6) is -0.611. The van der Waals surface area contributed by atoms with Crippen molar-refractivity contribution in [3.05, 3.63) is 0 Å². The van der Waals surface area contributed by atoms with E-state index in [0.29, 0.717) is 0 Å². The Balaban J connectivity index is 3.94. The number of nitrogens with zero attached hydrogens (tertiary/aromatic N) is 1. The molecule has 0 atom stereocenters. The zero-order chi connectivity index (χ0) is 9.56. The maximum atomic E-state index is 11.8. The highest BCUT2D eigenvalue weighted by atomic mass is 32.1. The topological polar surface area (TPSA) is 40.5 Å². The van der Waals surface area contributed by atoms with Gasteiger partial charge >= 0.3 is 0 Å². The van der Waals surface area contributed by atoms with Gasteiger partial charge in [-0.2, -0.15) is 12.6 Å². The molecule has 0 aromatic rings. The third-order valence-electron chi connectivity index (χ3n) is 1.22. The van der Waals surface area contributed by atoms with Crippen molar-refractivity contribution in [1.82, 2.24) is 4.90 Å². The highest BCUT2D eigenvalue weighted by molar-refractivity contribution is 7.81. The van der Waals surface area contributed by atoms with Crippen LogP contribution in [0.15, 0.2) is 0 Å². The van der Waals surface area contributed by atoms with E-state index < -0.39 is 18.9 Å². The number of hydrogen-bond donors (Lipinski definition) is 2. The summed E-state index contributed by atoms with van der Waals surface area (Å²) in [4.78, 5) is 11.7. The first kappa shape index (κ1) is 11.6. The van der Waals surface area contributed by atoms with Crippen molar-refractivity contribution in [2.24, 2.45) is 0 Å². The van der Waals surface area contributed by atoms with Crippen LogP contribution in [0, 0.1) is 0 Å². The molecule has 12 heavy (non-hydrogen) atoms. The summed E-state index contributed by atoms with van der Waals surface area (Å²) in [6.07, 6.45) is -2.57. The zero-order valence-corrected chi connectivity index (χ0v) is 7.31. The van der Waals surface area contributed by atoms with Crippen LogP contribution in [-0.4, -0.2) is 47.8 Å². The molecule has 72 valence electrons. The van der Waals surface area contributed by atoms with Crippen LogP contribution in [0.1, 0.15) is 0 Å². The van der Waals surface area contributed by atoms with E-state index in [9.17, 15) is 13.6 Å². The third-order valence-corrected chi connectivity index (χ3v) is 1.49. The van der Waals surface area contributed by atoms with Gasteiger partial charge in [-0.05, 0) is 0 Å². The molecule has 0 aliphatic carbocycles. The largest absolute Gasteiger partial charge is 0.395 e. The molecule has 3 nitrogen and oxygen atoms in total. The molecule has 0 bridgehead atoms. The number of thiol groups is 1. The van der Waals surface area contributed by atoms with Gasteiger partial charge in [-0.25, -0.2) is 8.78 Å². The highest BCUT2D eigenvalue weighted by Gasteiger charge is 2.15. The Labute approximate surface area is 74.8 Å². The predicted octanol–water partition coefficient (Wildman–Crippen LogP) is 0.00220. The maximum Gasteiger partial charge on any atom is 0.255 e. The number of halogens is 2. The van der Waals surface area contributed by atoms with Crippen molar-refractivity contribution in [3.8, 4) is 0 Å². The van der Waals surface area contributed by atoms with Gasteiger partial charge in [-0.15, -0.1) is 0 Å². The van der Waals surface area contributed by atoms with E-state index in [1.165, 1.54) is 0 Å². The van der Waals surface area contributed by atoms with Crippen LogP contribution >= 0.6 is 12.6 Å². The van der Waals surface area contributed by atoms with E-state index in [1.54, 1.807) is 0 Å². The summed E-state index contributed by atoms with van der Waals surface area (Å²) >= 11 is 3.65. The summed E-state index contributed by atoms with van der Waals surface area (Å²) in [5.41, 5.74) is 0. The van der Waals surface area contributed by atoms with Gasteiger partial charge in [0.2, 0.25) is 5.91 Å². The molecule has 0 rings (SSSR count). The first-order valence-corrected chi connectivity index (χ1v) is 4.02. The molecule has 0 saturated heterocycles. The van der Waals surface area contributed by atoms with E-state index >= 15 is 0 Å².